The van der Waals surface area contributed by atoms with E-state index in [0.717, 1.165) is 35.5 Å². The fourth-order valence-corrected chi connectivity index (χ4v) is 2.99. The Kier molecular flexibility index (Phi) is 3.45. The first kappa shape index (κ1) is 15.9. The predicted octanol–water partition coefficient (Wildman–Crippen LogP) is 4.22. The van der Waals surface area contributed by atoms with Crippen molar-refractivity contribution in [1.82, 2.24) is 14.8 Å². The maximum absolute atomic E-state index is 12.5. The monoisotopic (exact) mass is 338 g/mol. The Morgan fingerprint density at radius 2 is 2.04 bits per heavy atom. The number of aromatic nitrogens is 3. The van der Waals surface area contributed by atoms with E-state index in [9.17, 15) is 4.79 Å². The molecule has 1 aliphatic rings. The first-order chi connectivity index (χ1) is 11.8. The first-order valence-corrected chi connectivity index (χ1v) is 8.60. The highest BCUT2D eigenvalue weighted by Gasteiger charge is 2.29. The number of nitrogens with one attached hydrogen (secondary N) is 1. The van der Waals surface area contributed by atoms with Gasteiger partial charge in [-0.25, -0.2) is 4.98 Å². The fourth-order valence-electron chi connectivity index (χ4n) is 2.99. The molecule has 0 radical (unpaired) electrons. The molecule has 3 aromatic rings. The Morgan fingerprint density at radius 1 is 1.28 bits per heavy atom. The molecular weight excluding hydrogens is 316 g/mol. The molecule has 0 spiro atoms. The molecule has 2 aromatic heterocycles. The number of benzene rings is 1. The van der Waals surface area contributed by atoms with Crippen molar-refractivity contribution in [3.63, 3.8) is 0 Å². The maximum atomic E-state index is 12.5. The normalized spacial score (nSPS) is 14.9. The summed E-state index contributed by atoms with van der Waals surface area (Å²) in [6.07, 6.45) is 2.29. The molecule has 130 valence electrons. The topological polar surface area (TPSA) is 73.0 Å². The second-order valence-electron chi connectivity index (χ2n) is 7.72. The molecule has 2 heterocycles. The van der Waals surface area contributed by atoms with E-state index >= 15 is 0 Å². The summed E-state index contributed by atoms with van der Waals surface area (Å²) >= 11 is 0. The molecule has 0 aliphatic heterocycles. The minimum atomic E-state index is -0.226. The molecule has 1 N–H and O–H groups in total. The van der Waals surface area contributed by atoms with Crippen LogP contribution in [0.4, 0.5) is 5.69 Å². The lowest BCUT2D eigenvalue weighted by molar-refractivity contribution is 0.102. The van der Waals surface area contributed by atoms with Crippen molar-refractivity contribution in [1.29, 1.82) is 0 Å². The Balaban J connectivity index is 1.57. The van der Waals surface area contributed by atoms with E-state index in [-0.39, 0.29) is 11.4 Å². The number of anilines is 1. The summed E-state index contributed by atoms with van der Waals surface area (Å²) in [7, 11) is 0. The van der Waals surface area contributed by atoms with Crippen LogP contribution >= 0.6 is 0 Å². The molecule has 6 heteroatoms. The van der Waals surface area contributed by atoms with Gasteiger partial charge in [0.05, 0.1) is 5.54 Å². The van der Waals surface area contributed by atoms with E-state index in [4.69, 9.17) is 4.42 Å². The van der Waals surface area contributed by atoms with Crippen molar-refractivity contribution in [3.05, 3.63) is 41.5 Å². The van der Waals surface area contributed by atoms with Gasteiger partial charge in [0, 0.05) is 17.3 Å². The van der Waals surface area contributed by atoms with E-state index in [1.165, 1.54) is 0 Å². The average molecular weight is 338 g/mol. The van der Waals surface area contributed by atoms with Gasteiger partial charge < -0.3 is 9.73 Å². The van der Waals surface area contributed by atoms with Crippen molar-refractivity contribution in [3.8, 4) is 0 Å². The molecule has 1 amide bonds. The molecule has 0 unspecified atom stereocenters. The van der Waals surface area contributed by atoms with Crippen LogP contribution in [0.5, 0.6) is 0 Å². The standard InChI is InChI=1S/C19H22N4O2/c1-11-9-15(22-23(11)19(2,3)4)17(24)20-13-7-8-16-14(10-13)21-18(25-16)12-5-6-12/h7-10,12H,5-6H2,1-4H3,(H,20,24). The molecular formula is C19H22N4O2. The molecule has 1 saturated carbocycles. The second kappa shape index (κ2) is 5.44. The quantitative estimate of drug-likeness (QED) is 0.776. The first-order valence-electron chi connectivity index (χ1n) is 8.60. The summed E-state index contributed by atoms with van der Waals surface area (Å²) in [6.45, 7) is 8.13. The van der Waals surface area contributed by atoms with Crippen LogP contribution in [0, 0.1) is 6.92 Å². The summed E-state index contributed by atoms with van der Waals surface area (Å²) in [6, 6.07) is 7.33. The van der Waals surface area contributed by atoms with Crippen LogP contribution in [0.2, 0.25) is 0 Å². The Bertz CT molecular complexity index is 958. The second-order valence-corrected chi connectivity index (χ2v) is 7.72. The van der Waals surface area contributed by atoms with Gasteiger partial charge in [-0.15, -0.1) is 0 Å². The lowest BCUT2D eigenvalue weighted by atomic mass is 10.1. The van der Waals surface area contributed by atoms with Gasteiger partial charge in [-0.2, -0.15) is 5.10 Å². The SMILES string of the molecule is Cc1cc(C(=O)Nc2ccc3oc(C4CC4)nc3c2)nn1C(C)(C)C. The highest BCUT2D eigenvalue weighted by molar-refractivity contribution is 6.03. The van der Waals surface area contributed by atoms with Crippen LogP contribution in [0.3, 0.4) is 0 Å². The predicted molar refractivity (Wildman–Crippen MR) is 95.9 cm³/mol. The molecule has 25 heavy (non-hydrogen) atoms. The summed E-state index contributed by atoms with van der Waals surface area (Å²) in [4.78, 5) is 17.1. The van der Waals surface area contributed by atoms with Crippen molar-refractivity contribution in [2.75, 3.05) is 5.32 Å². The molecule has 1 aliphatic carbocycles. The maximum Gasteiger partial charge on any atom is 0.276 e. The summed E-state index contributed by atoms with van der Waals surface area (Å²) in [5, 5.41) is 7.35. The molecule has 0 saturated heterocycles. The number of hydrogen-bond acceptors (Lipinski definition) is 4. The summed E-state index contributed by atoms with van der Waals surface area (Å²) in [5.41, 5.74) is 3.42. The van der Waals surface area contributed by atoms with Gasteiger partial charge in [0.2, 0.25) is 0 Å². The minimum Gasteiger partial charge on any atom is -0.440 e. The summed E-state index contributed by atoms with van der Waals surface area (Å²) in [5.74, 6) is 1.05. The van der Waals surface area contributed by atoms with Crippen LogP contribution in [-0.4, -0.2) is 20.7 Å². The third-order valence-electron chi connectivity index (χ3n) is 4.34. The zero-order valence-corrected chi connectivity index (χ0v) is 15.0. The van der Waals surface area contributed by atoms with Crippen LogP contribution in [0.25, 0.3) is 11.1 Å². The van der Waals surface area contributed by atoms with Crippen molar-refractivity contribution >= 4 is 22.7 Å². The van der Waals surface area contributed by atoms with Gasteiger partial charge in [-0.05, 0) is 64.8 Å². The van der Waals surface area contributed by atoms with E-state index in [1.807, 2.05) is 29.8 Å². The van der Waals surface area contributed by atoms with Gasteiger partial charge in [0.25, 0.3) is 5.91 Å². The summed E-state index contributed by atoms with van der Waals surface area (Å²) < 4.78 is 7.62. The van der Waals surface area contributed by atoms with Gasteiger partial charge in [-0.3, -0.25) is 9.48 Å². The third-order valence-corrected chi connectivity index (χ3v) is 4.34. The van der Waals surface area contributed by atoms with Gasteiger partial charge >= 0.3 is 0 Å². The van der Waals surface area contributed by atoms with E-state index in [0.29, 0.717) is 17.3 Å². The Labute approximate surface area is 146 Å². The number of oxazole rings is 1. The number of amides is 1. The number of carbonyl (C=O) groups excluding carboxylic acids is 1. The third kappa shape index (κ3) is 3.04. The van der Waals surface area contributed by atoms with Gasteiger partial charge in [-0.1, -0.05) is 0 Å². The molecule has 6 nitrogen and oxygen atoms in total. The lowest BCUT2D eigenvalue weighted by Gasteiger charge is -2.21. The number of hydrogen-bond donors (Lipinski definition) is 1. The van der Waals surface area contributed by atoms with Crippen molar-refractivity contribution < 1.29 is 9.21 Å². The number of fused-ring (bicyclic) bond motifs is 1. The van der Waals surface area contributed by atoms with E-state index in [1.54, 1.807) is 6.07 Å². The van der Waals surface area contributed by atoms with Crippen LogP contribution in [0.15, 0.2) is 28.7 Å². The molecule has 1 aromatic carbocycles. The number of nitrogens with zero attached hydrogens (tertiary/aromatic N) is 3. The largest absolute Gasteiger partial charge is 0.440 e. The Morgan fingerprint density at radius 3 is 2.68 bits per heavy atom. The lowest BCUT2D eigenvalue weighted by Crippen LogP contribution is -2.25. The minimum absolute atomic E-state index is 0.165. The zero-order chi connectivity index (χ0) is 17.8. The van der Waals surface area contributed by atoms with E-state index < -0.39 is 0 Å². The highest BCUT2D eigenvalue weighted by atomic mass is 16.3. The van der Waals surface area contributed by atoms with E-state index in [2.05, 4.69) is 36.2 Å². The molecule has 0 bridgehead atoms. The van der Waals surface area contributed by atoms with Crippen molar-refractivity contribution in [2.24, 2.45) is 0 Å². The van der Waals surface area contributed by atoms with Crippen LogP contribution in [-0.2, 0) is 5.54 Å². The number of carbonyl (C=O) groups is 1. The molecule has 4 rings (SSSR count). The molecule has 0 atom stereocenters. The van der Waals surface area contributed by atoms with Crippen LogP contribution in [0.1, 0.15) is 61.6 Å². The van der Waals surface area contributed by atoms with Gasteiger partial charge in [0.15, 0.2) is 17.2 Å². The van der Waals surface area contributed by atoms with Crippen LogP contribution < -0.4 is 5.32 Å². The Hall–Kier alpha value is -2.63. The zero-order valence-electron chi connectivity index (χ0n) is 15.0. The van der Waals surface area contributed by atoms with Gasteiger partial charge in [0.1, 0.15) is 5.52 Å². The number of aryl methyl sites for hydroxylation is 1. The average Bonchev–Trinajstić information content (AvgIpc) is 3.17. The highest BCUT2D eigenvalue weighted by Crippen LogP contribution is 2.40. The fraction of sp³-hybridized carbons (Fsp3) is 0.421. The smallest absolute Gasteiger partial charge is 0.276 e. The molecule has 1 fully saturated rings. The number of rotatable bonds is 3. The van der Waals surface area contributed by atoms with Crippen molar-refractivity contribution in [2.45, 2.75) is 52.0 Å².